The predicted molar refractivity (Wildman–Crippen MR) is 104 cm³/mol. The van der Waals surface area contributed by atoms with Gasteiger partial charge < -0.3 is 9.72 Å². The van der Waals surface area contributed by atoms with Crippen molar-refractivity contribution >= 4 is 20.9 Å². The number of aryl methyl sites for hydroxylation is 1. The lowest BCUT2D eigenvalue weighted by Crippen LogP contribution is -2.36. The first-order valence-electron chi connectivity index (χ1n) is 8.55. The molecule has 144 valence electrons. The van der Waals surface area contributed by atoms with Crippen molar-refractivity contribution in [3.8, 4) is 5.75 Å². The maximum Gasteiger partial charge on any atom is 0.240 e. The summed E-state index contributed by atoms with van der Waals surface area (Å²) in [6.45, 7) is 5.80. The van der Waals surface area contributed by atoms with Gasteiger partial charge in [-0.25, -0.2) is 17.5 Å². The molecule has 0 radical (unpaired) electrons. The average Bonchev–Trinajstić information content (AvgIpc) is 3.04. The van der Waals surface area contributed by atoms with Gasteiger partial charge >= 0.3 is 0 Å². The maximum absolute atomic E-state index is 13.6. The zero-order chi connectivity index (χ0) is 19.8. The molecule has 0 fully saturated rings. The number of methoxy groups -OCH3 is 1. The molecule has 0 bridgehead atoms. The van der Waals surface area contributed by atoms with Gasteiger partial charge in [0.05, 0.1) is 12.0 Å². The van der Waals surface area contributed by atoms with Gasteiger partial charge in [0.1, 0.15) is 11.6 Å². The predicted octanol–water partition coefficient (Wildman–Crippen LogP) is 3.88. The molecule has 1 aromatic heterocycles. The number of benzene rings is 2. The summed E-state index contributed by atoms with van der Waals surface area (Å²) in [5.74, 6) is 0.309. The van der Waals surface area contributed by atoms with Crippen LogP contribution in [-0.2, 0) is 15.4 Å². The summed E-state index contributed by atoms with van der Waals surface area (Å²) in [5.41, 5.74) is 1.87. The normalized spacial score (nSPS) is 12.5. The Morgan fingerprint density at radius 2 is 1.93 bits per heavy atom. The van der Waals surface area contributed by atoms with Crippen LogP contribution < -0.4 is 9.46 Å². The van der Waals surface area contributed by atoms with Crippen LogP contribution in [0.3, 0.4) is 0 Å². The molecule has 0 aliphatic carbocycles. The molecule has 0 amide bonds. The lowest BCUT2D eigenvalue weighted by Gasteiger charge is -2.25. The third-order valence-electron chi connectivity index (χ3n) is 4.75. The van der Waals surface area contributed by atoms with Crippen molar-refractivity contribution in [2.75, 3.05) is 13.7 Å². The highest BCUT2D eigenvalue weighted by Crippen LogP contribution is 2.31. The summed E-state index contributed by atoms with van der Waals surface area (Å²) in [4.78, 5) is 3.29. The molecule has 0 spiro atoms. The smallest absolute Gasteiger partial charge is 0.240 e. The number of fused-ring (bicyclic) bond motifs is 1. The van der Waals surface area contributed by atoms with E-state index >= 15 is 0 Å². The first kappa shape index (κ1) is 19.4. The lowest BCUT2D eigenvalue weighted by atomic mass is 9.85. The van der Waals surface area contributed by atoms with Crippen molar-refractivity contribution in [1.29, 1.82) is 0 Å². The van der Waals surface area contributed by atoms with E-state index in [4.69, 9.17) is 4.74 Å². The maximum atomic E-state index is 13.6. The SMILES string of the molecule is COc1ccc(S(=O)(=O)NCC(C)(C)c2c[nH]c3ccc(F)cc23)cc1C. The highest BCUT2D eigenvalue weighted by molar-refractivity contribution is 7.89. The summed E-state index contributed by atoms with van der Waals surface area (Å²) in [6.07, 6.45) is 1.80. The van der Waals surface area contributed by atoms with E-state index in [2.05, 4.69) is 9.71 Å². The van der Waals surface area contributed by atoms with Gasteiger partial charge in [-0.05, 0) is 54.4 Å². The van der Waals surface area contributed by atoms with E-state index < -0.39 is 15.4 Å². The van der Waals surface area contributed by atoms with E-state index in [-0.39, 0.29) is 17.3 Å². The molecule has 0 saturated heterocycles. The van der Waals surface area contributed by atoms with E-state index in [0.29, 0.717) is 5.75 Å². The minimum atomic E-state index is -3.68. The number of sulfonamides is 1. The Morgan fingerprint density at radius 3 is 2.59 bits per heavy atom. The van der Waals surface area contributed by atoms with Gasteiger partial charge in [-0.2, -0.15) is 0 Å². The second-order valence-electron chi connectivity index (χ2n) is 7.23. The number of aromatic nitrogens is 1. The molecule has 0 saturated carbocycles. The van der Waals surface area contributed by atoms with Crippen molar-refractivity contribution in [3.05, 3.63) is 59.5 Å². The number of hydrogen-bond acceptors (Lipinski definition) is 3. The Labute approximate surface area is 158 Å². The third kappa shape index (κ3) is 3.84. The largest absolute Gasteiger partial charge is 0.496 e. The molecule has 5 nitrogen and oxygen atoms in total. The second kappa shape index (κ2) is 6.98. The van der Waals surface area contributed by atoms with Crippen LogP contribution in [0.1, 0.15) is 25.0 Å². The van der Waals surface area contributed by atoms with Crippen LogP contribution in [0, 0.1) is 12.7 Å². The van der Waals surface area contributed by atoms with Crippen LogP contribution in [0.4, 0.5) is 4.39 Å². The van der Waals surface area contributed by atoms with Gasteiger partial charge in [0, 0.05) is 29.1 Å². The number of nitrogens with one attached hydrogen (secondary N) is 2. The van der Waals surface area contributed by atoms with Crippen molar-refractivity contribution in [2.45, 2.75) is 31.1 Å². The number of rotatable bonds is 6. The van der Waals surface area contributed by atoms with Crippen molar-refractivity contribution in [1.82, 2.24) is 9.71 Å². The third-order valence-corrected chi connectivity index (χ3v) is 6.15. The standard InChI is InChI=1S/C20H23FN2O3S/c1-13-9-15(6-8-19(13)26-4)27(24,25)23-12-20(2,3)17-11-22-18-7-5-14(21)10-16(17)18/h5-11,22-23H,12H2,1-4H3. The van der Waals surface area contributed by atoms with E-state index in [1.165, 1.54) is 18.2 Å². The summed E-state index contributed by atoms with van der Waals surface area (Å²) in [5, 5.41) is 0.750. The van der Waals surface area contributed by atoms with E-state index in [1.807, 2.05) is 13.8 Å². The number of hydrogen-bond donors (Lipinski definition) is 2. The van der Waals surface area contributed by atoms with E-state index in [1.54, 1.807) is 38.4 Å². The Balaban J connectivity index is 1.85. The number of ether oxygens (including phenoxy) is 1. The van der Waals surface area contributed by atoms with Crippen LogP contribution in [0.2, 0.25) is 0 Å². The fraction of sp³-hybridized carbons (Fsp3) is 0.300. The van der Waals surface area contributed by atoms with E-state index in [9.17, 15) is 12.8 Å². The Kier molecular flexibility index (Phi) is 5.01. The van der Waals surface area contributed by atoms with Crippen molar-refractivity contribution in [3.63, 3.8) is 0 Å². The summed E-state index contributed by atoms with van der Waals surface area (Å²) >= 11 is 0. The highest BCUT2D eigenvalue weighted by Gasteiger charge is 2.27. The molecule has 1 heterocycles. The molecular weight excluding hydrogens is 367 g/mol. The lowest BCUT2D eigenvalue weighted by molar-refractivity contribution is 0.411. The molecule has 0 atom stereocenters. The second-order valence-corrected chi connectivity index (χ2v) is 9.00. The topological polar surface area (TPSA) is 71.2 Å². The number of halogens is 1. The van der Waals surface area contributed by atoms with Crippen LogP contribution in [0.25, 0.3) is 10.9 Å². The van der Waals surface area contributed by atoms with Crippen LogP contribution >= 0.6 is 0 Å². The van der Waals surface area contributed by atoms with Crippen LogP contribution in [-0.4, -0.2) is 27.1 Å². The zero-order valence-electron chi connectivity index (χ0n) is 15.8. The van der Waals surface area contributed by atoms with Gasteiger partial charge in [0.25, 0.3) is 0 Å². The van der Waals surface area contributed by atoms with Crippen molar-refractivity contribution in [2.24, 2.45) is 0 Å². The first-order valence-corrected chi connectivity index (χ1v) is 10.0. The van der Waals surface area contributed by atoms with Crippen LogP contribution in [0.15, 0.2) is 47.5 Å². The summed E-state index contributed by atoms with van der Waals surface area (Å²) in [7, 11) is -2.14. The quantitative estimate of drug-likeness (QED) is 0.671. The molecule has 3 aromatic rings. The zero-order valence-corrected chi connectivity index (χ0v) is 16.6. The van der Waals surface area contributed by atoms with Gasteiger partial charge in [0.15, 0.2) is 0 Å². The van der Waals surface area contributed by atoms with Gasteiger partial charge in [0.2, 0.25) is 10.0 Å². The fourth-order valence-corrected chi connectivity index (χ4v) is 4.42. The fourth-order valence-electron chi connectivity index (χ4n) is 3.12. The number of H-pyrrole nitrogens is 1. The Morgan fingerprint density at radius 1 is 1.19 bits per heavy atom. The van der Waals surface area contributed by atoms with Crippen LogP contribution in [0.5, 0.6) is 5.75 Å². The van der Waals surface area contributed by atoms with Crippen molar-refractivity contribution < 1.29 is 17.5 Å². The minimum Gasteiger partial charge on any atom is -0.496 e. The van der Waals surface area contributed by atoms with E-state index in [0.717, 1.165) is 22.0 Å². The molecule has 0 aliphatic heterocycles. The Hall–Kier alpha value is -2.38. The molecule has 27 heavy (non-hydrogen) atoms. The minimum absolute atomic E-state index is 0.171. The highest BCUT2D eigenvalue weighted by atomic mass is 32.2. The molecule has 0 aliphatic rings. The molecule has 2 N–H and O–H groups in total. The summed E-state index contributed by atoms with van der Waals surface area (Å²) in [6, 6.07) is 9.26. The average molecular weight is 390 g/mol. The summed E-state index contributed by atoms with van der Waals surface area (Å²) < 4.78 is 46.9. The molecule has 3 rings (SSSR count). The monoisotopic (exact) mass is 390 g/mol. The van der Waals surface area contributed by atoms with Gasteiger partial charge in [-0.1, -0.05) is 13.8 Å². The first-order chi connectivity index (χ1) is 12.6. The molecule has 0 unspecified atom stereocenters. The van der Waals surface area contributed by atoms with Gasteiger partial charge in [-0.15, -0.1) is 0 Å². The van der Waals surface area contributed by atoms with Gasteiger partial charge in [-0.3, -0.25) is 0 Å². The Bertz CT molecular complexity index is 1090. The molecular formula is C20H23FN2O3S. The molecule has 7 heteroatoms. The number of aromatic amines is 1. The molecule has 2 aromatic carbocycles.